The van der Waals surface area contributed by atoms with Crippen molar-refractivity contribution in [2.24, 2.45) is 0 Å². The Kier molecular flexibility index (Phi) is 2.80. The maximum atomic E-state index is 12.7. The number of hydrogen-bond donors (Lipinski definition) is 0. The van der Waals surface area contributed by atoms with Crippen molar-refractivity contribution < 1.29 is 8.78 Å². The summed E-state index contributed by atoms with van der Waals surface area (Å²) < 4.78 is 25.1. The Balaban J connectivity index is 2.81. The molecular weight excluding hydrogens is 174 g/mol. The normalized spacial score (nSPS) is 9.38. The molecule has 0 aliphatic rings. The Morgan fingerprint density at radius 1 is 1.38 bits per heavy atom. The van der Waals surface area contributed by atoms with Crippen LogP contribution >= 0.6 is 0 Å². The summed E-state index contributed by atoms with van der Waals surface area (Å²) >= 11 is 0. The standard InChI is InChI=1S/C9H8F2N2/c1-13(6-12)5-7-2-3-8(10)9(11)4-7/h2-4H,5H2,1H3. The molecule has 0 spiro atoms. The zero-order valence-corrected chi connectivity index (χ0v) is 7.09. The van der Waals surface area contributed by atoms with E-state index in [-0.39, 0.29) is 6.54 Å². The lowest BCUT2D eigenvalue weighted by atomic mass is 10.2. The van der Waals surface area contributed by atoms with Gasteiger partial charge in [0.15, 0.2) is 17.8 Å². The molecule has 0 amide bonds. The third-order valence-electron chi connectivity index (χ3n) is 1.57. The van der Waals surface area contributed by atoms with Gasteiger partial charge in [0.05, 0.1) is 6.54 Å². The highest BCUT2D eigenvalue weighted by Crippen LogP contribution is 2.09. The predicted molar refractivity (Wildman–Crippen MR) is 43.4 cm³/mol. The van der Waals surface area contributed by atoms with E-state index >= 15 is 0 Å². The van der Waals surface area contributed by atoms with Crippen molar-refractivity contribution in [2.45, 2.75) is 6.54 Å². The minimum absolute atomic E-state index is 0.285. The molecular formula is C9H8F2N2. The van der Waals surface area contributed by atoms with E-state index in [2.05, 4.69) is 0 Å². The summed E-state index contributed by atoms with van der Waals surface area (Å²) in [6, 6.07) is 3.59. The predicted octanol–water partition coefficient (Wildman–Crippen LogP) is 1.88. The summed E-state index contributed by atoms with van der Waals surface area (Å²) in [5, 5.41) is 8.43. The van der Waals surface area contributed by atoms with Gasteiger partial charge in [-0.15, -0.1) is 0 Å². The van der Waals surface area contributed by atoms with Gasteiger partial charge in [-0.2, -0.15) is 5.26 Å². The molecule has 0 heterocycles. The number of rotatable bonds is 2. The highest BCUT2D eigenvalue weighted by molar-refractivity contribution is 5.17. The van der Waals surface area contributed by atoms with Crippen LogP contribution in [0.3, 0.4) is 0 Å². The topological polar surface area (TPSA) is 27.0 Å². The van der Waals surface area contributed by atoms with E-state index in [0.29, 0.717) is 5.56 Å². The van der Waals surface area contributed by atoms with Crippen molar-refractivity contribution in [1.82, 2.24) is 4.90 Å². The lowest BCUT2D eigenvalue weighted by Gasteiger charge is -2.08. The minimum Gasteiger partial charge on any atom is -0.309 e. The Morgan fingerprint density at radius 2 is 2.08 bits per heavy atom. The van der Waals surface area contributed by atoms with Crippen molar-refractivity contribution in [3.05, 3.63) is 35.4 Å². The number of halogens is 2. The van der Waals surface area contributed by atoms with Crippen LogP contribution in [-0.2, 0) is 6.54 Å². The average Bonchev–Trinajstić information content (AvgIpc) is 2.11. The van der Waals surface area contributed by atoms with Gasteiger partial charge in [-0.1, -0.05) is 6.07 Å². The van der Waals surface area contributed by atoms with E-state index in [1.807, 2.05) is 6.19 Å². The van der Waals surface area contributed by atoms with E-state index < -0.39 is 11.6 Å². The van der Waals surface area contributed by atoms with Crippen LogP contribution in [0.15, 0.2) is 18.2 Å². The lowest BCUT2D eigenvalue weighted by Crippen LogP contribution is -2.10. The molecule has 0 radical (unpaired) electrons. The smallest absolute Gasteiger partial charge is 0.179 e. The molecule has 1 rings (SSSR count). The van der Waals surface area contributed by atoms with Crippen molar-refractivity contribution >= 4 is 0 Å². The molecule has 0 saturated heterocycles. The van der Waals surface area contributed by atoms with Crippen LogP contribution in [0, 0.1) is 23.1 Å². The van der Waals surface area contributed by atoms with Gasteiger partial charge in [0.25, 0.3) is 0 Å². The molecule has 13 heavy (non-hydrogen) atoms. The van der Waals surface area contributed by atoms with E-state index in [0.717, 1.165) is 12.1 Å². The first-order chi connectivity index (χ1) is 6.13. The zero-order valence-electron chi connectivity index (χ0n) is 7.09. The second-order valence-electron chi connectivity index (χ2n) is 2.70. The largest absolute Gasteiger partial charge is 0.309 e. The second kappa shape index (κ2) is 3.85. The third kappa shape index (κ3) is 2.41. The van der Waals surface area contributed by atoms with Crippen LogP contribution in [0.2, 0.25) is 0 Å². The van der Waals surface area contributed by atoms with Gasteiger partial charge in [-0.3, -0.25) is 0 Å². The van der Waals surface area contributed by atoms with Crippen molar-refractivity contribution in [2.75, 3.05) is 7.05 Å². The number of hydrogen-bond acceptors (Lipinski definition) is 2. The fourth-order valence-electron chi connectivity index (χ4n) is 0.947. The van der Waals surface area contributed by atoms with Gasteiger partial charge in [0, 0.05) is 7.05 Å². The minimum atomic E-state index is -0.885. The Hall–Kier alpha value is -1.63. The first-order valence-corrected chi connectivity index (χ1v) is 3.68. The summed E-state index contributed by atoms with van der Waals surface area (Å²) in [5.41, 5.74) is 0.572. The highest BCUT2D eigenvalue weighted by Gasteiger charge is 2.03. The van der Waals surface area contributed by atoms with Gasteiger partial charge in [0.2, 0.25) is 0 Å². The molecule has 2 nitrogen and oxygen atoms in total. The van der Waals surface area contributed by atoms with Gasteiger partial charge >= 0.3 is 0 Å². The second-order valence-corrected chi connectivity index (χ2v) is 2.70. The quantitative estimate of drug-likeness (QED) is 0.515. The van der Waals surface area contributed by atoms with Gasteiger partial charge in [-0.25, -0.2) is 8.78 Å². The monoisotopic (exact) mass is 182 g/mol. The van der Waals surface area contributed by atoms with Crippen LogP contribution in [0.25, 0.3) is 0 Å². The Morgan fingerprint density at radius 3 is 2.62 bits per heavy atom. The van der Waals surface area contributed by atoms with Crippen LogP contribution in [0.5, 0.6) is 0 Å². The number of benzene rings is 1. The fraction of sp³-hybridized carbons (Fsp3) is 0.222. The van der Waals surface area contributed by atoms with Crippen LogP contribution in [-0.4, -0.2) is 11.9 Å². The van der Waals surface area contributed by atoms with Crippen molar-refractivity contribution in [3.63, 3.8) is 0 Å². The molecule has 0 unspecified atom stereocenters. The van der Waals surface area contributed by atoms with Crippen molar-refractivity contribution in [1.29, 1.82) is 5.26 Å². The Bertz CT molecular complexity index is 344. The van der Waals surface area contributed by atoms with Gasteiger partial charge < -0.3 is 4.90 Å². The molecule has 0 aliphatic carbocycles. The van der Waals surface area contributed by atoms with Gasteiger partial charge in [0.1, 0.15) is 0 Å². The summed E-state index contributed by atoms with van der Waals surface area (Å²) in [4.78, 5) is 1.33. The number of nitrogens with zero attached hydrogens (tertiary/aromatic N) is 2. The third-order valence-corrected chi connectivity index (χ3v) is 1.57. The molecule has 0 N–H and O–H groups in total. The fourth-order valence-corrected chi connectivity index (χ4v) is 0.947. The zero-order chi connectivity index (χ0) is 9.84. The summed E-state index contributed by atoms with van der Waals surface area (Å²) in [6.07, 6.45) is 1.86. The van der Waals surface area contributed by atoms with Crippen LogP contribution < -0.4 is 0 Å². The molecule has 0 saturated carbocycles. The molecule has 0 bridgehead atoms. The Labute approximate surface area is 75.0 Å². The summed E-state index contributed by atoms with van der Waals surface area (Å²) in [6.45, 7) is 0.285. The molecule has 68 valence electrons. The molecule has 4 heteroatoms. The first-order valence-electron chi connectivity index (χ1n) is 3.68. The highest BCUT2D eigenvalue weighted by atomic mass is 19.2. The van der Waals surface area contributed by atoms with E-state index in [9.17, 15) is 8.78 Å². The van der Waals surface area contributed by atoms with Crippen molar-refractivity contribution in [3.8, 4) is 6.19 Å². The van der Waals surface area contributed by atoms with E-state index in [1.165, 1.54) is 11.0 Å². The van der Waals surface area contributed by atoms with Crippen LogP contribution in [0.4, 0.5) is 8.78 Å². The lowest BCUT2D eigenvalue weighted by molar-refractivity contribution is 0.462. The average molecular weight is 182 g/mol. The molecule has 1 aromatic rings. The van der Waals surface area contributed by atoms with E-state index in [4.69, 9.17) is 5.26 Å². The molecule has 0 atom stereocenters. The maximum Gasteiger partial charge on any atom is 0.179 e. The SMILES string of the molecule is CN(C#N)Cc1ccc(F)c(F)c1. The van der Waals surface area contributed by atoms with Crippen LogP contribution in [0.1, 0.15) is 5.56 Å². The number of nitriles is 1. The molecule has 0 aliphatic heterocycles. The van der Waals surface area contributed by atoms with E-state index in [1.54, 1.807) is 7.05 Å². The maximum absolute atomic E-state index is 12.7. The molecule has 0 aromatic heterocycles. The van der Waals surface area contributed by atoms with Gasteiger partial charge in [-0.05, 0) is 17.7 Å². The molecule has 0 fully saturated rings. The molecule has 1 aromatic carbocycles. The summed E-state index contributed by atoms with van der Waals surface area (Å²) in [5.74, 6) is -1.76. The summed E-state index contributed by atoms with van der Waals surface area (Å²) in [7, 11) is 1.57. The first kappa shape index (κ1) is 9.46.